The smallest absolute Gasteiger partial charge is 0.161 e. The van der Waals surface area contributed by atoms with Gasteiger partial charge < -0.3 is 19.7 Å². The first kappa shape index (κ1) is 16.1. The summed E-state index contributed by atoms with van der Waals surface area (Å²) in [6, 6.07) is 6.83. The molecule has 4 heteroatoms. The second-order valence-corrected chi connectivity index (χ2v) is 5.79. The summed E-state index contributed by atoms with van der Waals surface area (Å²) in [5, 5.41) is 3.54. The van der Waals surface area contributed by atoms with Gasteiger partial charge >= 0.3 is 0 Å². The molecule has 0 amide bonds. The van der Waals surface area contributed by atoms with E-state index in [2.05, 4.69) is 23.3 Å². The summed E-state index contributed by atoms with van der Waals surface area (Å²) in [7, 11) is 5.59. The van der Waals surface area contributed by atoms with Crippen molar-refractivity contribution >= 4 is 0 Å². The van der Waals surface area contributed by atoms with Crippen molar-refractivity contribution in [2.24, 2.45) is 0 Å². The second-order valence-electron chi connectivity index (χ2n) is 5.79. The van der Waals surface area contributed by atoms with Crippen LogP contribution in [0.5, 0.6) is 11.5 Å². The quantitative estimate of drug-likeness (QED) is 0.783. The van der Waals surface area contributed by atoms with Crippen LogP contribution in [-0.2, 0) is 6.54 Å². The van der Waals surface area contributed by atoms with Crippen LogP contribution in [-0.4, -0.2) is 45.3 Å². The number of hydrogen-bond acceptors (Lipinski definition) is 4. The van der Waals surface area contributed by atoms with Gasteiger partial charge in [0.1, 0.15) is 0 Å². The highest BCUT2D eigenvalue weighted by molar-refractivity contribution is 5.42. The van der Waals surface area contributed by atoms with Crippen molar-refractivity contribution in [3.8, 4) is 11.5 Å². The van der Waals surface area contributed by atoms with E-state index in [0.29, 0.717) is 0 Å². The Balaban J connectivity index is 1.75. The minimum absolute atomic E-state index is 0.747. The van der Waals surface area contributed by atoms with Crippen molar-refractivity contribution in [3.63, 3.8) is 0 Å². The largest absolute Gasteiger partial charge is 0.493 e. The summed E-state index contributed by atoms with van der Waals surface area (Å²) in [6.45, 7) is 3.18. The number of likely N-dealkylation sites (tertiary alicyclic amines) is 1. The van der Waals surface area contributed by atoms with E-state index in [4.69, 9.17) is 9.47 Å². The molecule has 1 aliphatic heterocycles. The maximum Gasteiger partial charge on any atom is 0.161 e. The van der Waals surface area contributed by atoms with E-state index in [1.807, 2.05) is 12.1 Å². The molecule has 1 atom stereocenters. The summed E-state index contributed by atoms with van der Waals surface area (Å²) in [4.78, 5) is 2.50. The van der Waals surface area contributed by atoms with Crippen LogP contribution in [0.1, 0.15) is 31.2 Å². The van der Waals surface area contributed by atoms with E-state index in [9.17, 15) is 0 Å². The number of hydrogen-bond donors (Lipinski definition) is 1. The van der Waals surface area contributed by atoms with Crippen LogP contribution >= 0.6 is 0 Å². The fourth-order valence-corrected chi connectivity index (χ4v) is 3.00. The van der Waals surface area contributed by atoms with Crippen molar-refractivity contribution in [1.29, 1.82) is 0 Å². The van der Waals surface area contributed by atoms with E-state index in [0.717, 1.165) is 30.6 Å². The predicted molar refractivity (Wildman–Crippen MR) is 86.1 cm³/mol. The normalized spacial score (nSPS) is 19.5. The number of nitrogens with one attached hydrogen (secondary N) is 1. The Morgan fingerprint density at radius 3 is 2.71 bits per heavy atom. The molecule has 0 aromatic heterocycles. The third kappa shape index (κ3) is 4.61. The van der Waals surface area contributed by atoms with Crippen LogP contribution in [0.2, 0.25) is 0 Å². The van der Waals surface area contributed by atoms with Gasteiger partial charge in [0.2, 0.25) is 0 Å². The van der Waals surface area contributed by atoms with Crippen molar-refractivity contribution in [2.45, 2.75) is 38.3 Å². The second kappa shape index (κ2) is 8.25. The first-order valence-corrected chi connectivity index (χ1v) is 7.86. The molecule has 1 N–H and O–H groups in total. The van der Waals surface area contributed by atoms with Gasteiger partial charge in [-0.2, -0.15) is 0 Å². The van der Waals surface area contributed by atoms with E-state index < -0.39 is 0 Å². The molecule has 0 aliphatic carbocycles. The third-order valence-corrected chi connectivity index (χ3v) is 4.35. The van der Waals surface area contributed by atoms with Crippen LogP contribution < -0.4 is 14.8 Å². The molecule has 1 saturated heterocycles. The Morgan fingerprint density at radius 1 is 1.19 bits per heavy atom. The molecular weight excluding hydrogens is 264 g/mol. The third-order valence-electron chi connectivity index (χ3n) is 4.35. The topological polar surface area (TPSA) is 33.7 Å². The van der Waals surface area contributed by atoms with Crippen LogP contribution in [0.25, 0.3) is 0 Å². The zero-order valence-corrected chi connectivity index (χ0v) is 13.5. The molecule has 4 nitrogen and oxygen atoms in total. The lowest BCUT2D eigenvalue weighted by molar-refractivity contribution is 0.175. The fraction of sp³-hybridized carbons (Fsp3) is 0.647. The number of rotatable bonds is 7. The molecule has 0 saturated carbocycles. The molecular formula is C17H28N2O2. The molecule has 1 unspecified atom stereocenters. The Labute approximate surface area is 128 Å². The lowest BCUT2D eigenvalue weighted by Crippen LogP contribution is -2.38. The van der Waals surface area contributed by atoms with Gasteiger partial charge in [-0.25, -0.2) is 0 Å². The van der Waals surface area contributed by atoms with Crippen molar-refractivity contribution < 1.29 is 9.47 Å². The van der Waals surface area contributed by atoms with E-state index in [-0.39, 0.29) is 0 Å². The standard InChI is InChI=1S/C17H28N2O2/c1-19-11-5-4-6-15(19)9-10-18-13-14-7-8-16(20-2)17(12-14)21-3/h7-8,12,15,18H,4-6,9-11,13H2,1-3H3. The number of piperidine rings is 1. The van der Waals surface area contributed by atoms with Gasteiger partial charge in [0.25, 0.3) is 0 Å². The SMILES string of the molecule is COc1ccc(CNCCC2CCCCN2C)cc1OC. The van der Waals surface area contributed by atoms with Gasteiger partial charge in [-0.1, -0.05) is 12.5 Å². The van der Waals surface area contributed by atoms with Crippen molar-refractivity contribution in [2.75, 3.05) is 34.4 Å². The first-order chi connectivity index (χ1) is 10.2. The fourth-order valence-electron chi connectivity index (χ4n) is 3.00. The minimum atomic E-state index is 0.747. The summed E-state index contributed by atoms with van der Waals surface area (Å²) in [5.41, 5.74) is 1.23. The molecule has 1 aromatic rings. The van der Waals surface area contributed by atoms with Crippen LogP contribution in [0.3, 0.4) is 0 Å². The lowest BCUT2D eigenvalue weighted by atomic mass is 10.0. The van der Waals surface area contributed by atoms with Gasteiger partial charge in [-0.15, -0.1) is 0 Å². The minimum Gasteiger partial charge on any atom is -0.493 e. The molecule has 1 heterocycles. The lowest BCUT2D eigenvalue weighted by Gasteiger charge is -2.32. The molecule has 118 valence electrons. The monoisotopic (exact) mass is 292 g/mol. The van der Waals surface area contributed by atoms with E-state index in [1.54, 1.807) is 14.2 Å². The van der Waals surface area contributed by atoms with Crippen LogP contribution in [0, 0.1) is 0 Å². The Hall–Kier alpha value is -1.26. The molecule has 0 spiro atoms. The molecule has 1 aromatic carbocycles. The molecule has 0 radical (unpaired) electrons. The molecule has 1 aliphatic rings. The highest BCUT2D eigenvalue weighted by Gasteiger charge is 2.17. The van der Waals surface area contributed by atoms with Gasteiger partial charge in [-0.3, -0.25) is 0 Å². The summed E-state index contributed by atoms with van der Waals surface area (Å²) in [5.74, 6) is 1.58. The van der Waals surface area contributed by atoms with Gasteiger partial charge in [0, 0.05) is 12.6 Å². The van der Waals surface area contributed by atoms with Crippen LogP contribution in [0.4, 0.5) is 0 Å². The number of nitrogens with zero attached hydrogens (tertiary/aromatic N) is 1. The van der Waals surface area contributed by atoms with Gasteiger partial charge in [0.15, 0.2) is 11.5 Å². The Bertz CT molecular complexity index is 437. The summed E-state index contributed by atoms with van der Waals surface area (Å²) >= 11 is 0. The Kier molecular flexibility index (Phi) is 6.33. The van der Waals surface area contributed by atoms with E-state index >= 15 is 0 Å². The van der Waals surface area contributed by atoms with Gasteiger partial charge in [-0.05, 0) is 57.1 Å². The molecule has 1 fully saturated rings. The highest BCUT2D eigenvalue weighted by Crippen LogP contribution is 2.27. The molecule has 2 rings (SSSR count). The van der Waals surface area contributed by atoms with Crippen LogP contribution in [0.15, 0.2) is 18.2 Å². The average molecular weight is 292 g/mol. The number of benzene rings is 1. The van der Waals surface area contributed by atoms with Gasteiger partial charge in [0.05, 0.1) is 14.2 Å². The first-order valence-electron chi connectivity index (χ1n) is 7.86. The van der Waals surface area contributed by atoms with Crippen molar-refractivity contribution in [3.05, 3.63) is 23.8 Å². The highest BCUT2D eigenvalue weighted by atomic mass is 16.5. The van der Waals surface area contributed by atoms with E-state index in [1.165, 1.54) is 37.8 Å². The summed E-state index contributed by atoms with van der Waals surface area (Å²) in [6.07, 6.45) is 5.30. The van der Waals surface area contributed by atoms with Crippen molar-refractivity contribution in [1.82, 2.24) is 10.2 Å². The maximum absolute atomic E-state index is 5.33. The number of methoxy groups -OCH3 is 2. The predicted octanol–water partition coefficient (Wildman–Crippen LogP) is 2.67. The Morgan fingerprint density at radius 2 is 2.00 bits per heavy atom. The zero-order chi connectivity index (χ0) is 15.1. The maximum atomic E-state index is 5.33. The molecule has 21 heavy (non-hydrogen) atoms. The summed E-state index contributed by atoms with van der Waals surface area (Å²) < 4.78 is 10.6. The molecule has 0 bridgehead atoms. The zero-order valence-electron chi connectivity index (χ0n) is 13.5. The average Bonchev–Trinajstić information content (AvgIpc) is 2.52. The number of ether oxygens (including phenoxy) is 2.